The third-order valence-corrected chi connectivity index (χ3v) is 1.54. The molecule has 1 aromatic heterocycles. The number of rotatable bonds is 3. The van der Waals surface area contributed by atoms with Gasteiger partial charge < -0.3 is 31.6 Å². The van der Waals surface area contributed by atoms with Gasteiger partial charge in [0.05, 0.1) is 6.61 Å². The summed E-state index contributed by atoms with van der Waals surface area (Å²) >= 11 is 0. The van der Waals surface area contributed by atoms with Crippen LogP contribution in [0.1, 0.15) is 5.82 Å². The summed E-state index contributed by atoms with van der Waals surface area (Å²) in [6.45, 7) is 1.74. The summed E-state index contributed by atoms with van der Waals surface area (Å²) < 4.78 is 1.36. The van der Waals surface area contributed by atoms with Crippen LogP contribution in [0.2, 0.25) is 0 Å². The molecule has 0 unspecified atom stereocenters. The van der Waals surface area contributed by atoms with Gasteiger partial charge in [0.25, 0.3) is 0 Å². The van der Waals surface area contributed by atoms with Gasteiger partial charge in [-0.05, 0) is 4.92 Å². The van der Waals surface area contributed by atoms with Gasteiger partial charge in [-0.1, -0.05) is 0 Å². The highest BCUT2D eigenvalue weighted by Gasteiger charge is 2.15. The minimum atomic E-state index is -0.518. The van der Waals surface area contributed by atoms with Crippen molar-refractivity contribution in [1.82, 2.24) is 9.55 Å². The van der Waals surface area contributed by atoms with Crippen molar-refractivity contribution in [3.05, 3.63) is 22.1 Å². The molecule has 1 heterocycles. The predicted octanol–water partition coefficient (Wildman–Crippen LogP) is -2.38. The van der Waals surface area contributed by atoms with E-state index in [0.29, 0.717) is 5.82 Å². The Morgan fingerprint density at radius 3 is 2.47 bits per heavy atom. The van der Waals surface area contributed by atoms with Crippen LogP contribution in [-0.2, 0) is 6.54 Å². The fraction of sp³-hybridized carbons (Fsp3) is 0.500. The maximum absolute atomic E-state index is 10.4. The number of aliphatic hydroxyl groups excluding tert-OH is 1. The van der Waals surface area contributed by atoms with E-state index in [1.807, 2.05) is 0 Å². The molecule has 7 N–H and O–H groups in total. The highest BCUT2D eigenvalue weighted by Crippen LogP contribution is 2.12. The number of aliphatic hydroxyl groups is 1. The van der Waals surface area contributed by atoms with Crippen LogP contribution in [0, 0.1) is 17.0 Å². The van der Waals surface area contributed by atoms with Crippen LogP contribution in [0.3, 0.4) is 0 Å². The normalized spacial score (nSPS) is 8.13. The molecule has 0 saturated carbocycles. The lowest BCUT2D eigenvalue weighted by atomic mass is 10.6. The van der Waals surface area contributed by atoms with E-state index in [4.69, 9.17) is 5.11 Å². The molecule has 0 aliphatic carbocycles. The van der Waals surface area contributed by atoms with E-state index in [1.54, 1.807) is 6.92 Å². The molecule has 90 valence electrons. The number of nitrogens with zero attached hydrogens (tertiary/aromatic N) is 3. The van der Waals surface area contributed by atoms with Crippen LogP contribution in [0.4, 0.5) is 5.82 Å². The molecule has 0 radical (unpaired) electrons. The largest absolute Gasteiger partial charge is 0.412 e. The Hall–Kier alpha value is -1.55. The standard InChI is InChI=1S/C6H9N3O3.3H2O/c1-5-7-4-6(9(11)12)8(5)2-3-10;;;/h4,10H,2-3H2,1H3;3*1H2. The number of hydrogen-bond donors (Lipinski definition) is 1. The van der Waals surface area contributed by atoms with E-state index in [2.05, 4.69) is 4.98 Å². The molecule has 0 atom stereocenters. The zero-order valence-electron chi connectivity index (χ0n) is 8.10. The van der Waals surface area contributed by atoms with E-state index < -0.39 is 4.92 Å². The average molecular weight is 225 g/mol. The van der Waals surface area contributed by atoms with Crippen LogP contribution in [0.5, 0.6) is 0 Å². The van der Waals surface area contributed by atoms with Crippen molar-refractivity contribution in [2.75, 3.05) is 6.61 Å². The summed E-state index contributed by atoms with van der Waals surface area (Å²) in [6.07, 6.45) is 1.19. The SMILES string of the molecule is Cc1ncc([N+](=O)[O-])n1CCO.O.O.O. The molecule has 0 fully saturated rings. The van der Waals surface area contributed by atoms with Crippen molar-refractivity contribution in [3.63, 3.8) is 0 Å². The molecule has 15 heavy (non-hydrogen) atoms. The Bertz CT molecular complexity index is 299. The van der Waals surface area contributed by atoms with E-state index >= 15 is 0 Å². The number of nitro groups is 1. The molecule has 0 aromatic carbocycles. The molecular formula is C6H15N3O6. The average Bonchev–Trinajstić information content (AvgIpc) is 2.34. The van der Waals surface area contributed by atoms with Crippen molar-refractivity contribution < 1.29 is 26.5 Å². The van der Waals surface area contributed by atoms with E-state index in [0.717, 1.165) is 0 Å². The smallest absolute Gasteiger partial charge is 0.342 e. The summed E-state index contributed by atoms with van der Waals surface area (Å²) in [5.41, 5.74) is 0. The van der Waals surface area contributed by atoms with Gasteiger partial charge in [-0.2, -0.15) is 0 Å². The lowest BCUT2D eigenvalue weighted by Gasteiger charge is -1.98. The molecule has 0 amide bonds. The summed E-state index contributed by atoms with van der Waals surface area (Å²) in [5, 5.41) is 19.0. The third-order valence-electron chi connectivity index (χ3n) is 1.54. The molecule has 0 bridgehead atoms. The fourth-order valence-electron chi connectivity index (χ4n) is 0.978. The first-order valence-electron chi connectivity index (χ1n) is 3.44. The Labute approximate surface area is 85.1 Å². The predicted molar refractivity (Wildman–Crippen MR) is 51.5 cm³/mol. The first kappa shape index (κ1) is 19.1. The molecule has 0 spiro atoms. The van der Waals surface area contributed by atoms with Gasteiger partial charge in [-0.15, -0.1) is 0 Å². The van der Waals surface area contributed by atoms with Gasteiger partial charge in [0.15, 0.2) is 5.82 Å². The Morgan fingerprint density at radius 2 is 2.07 bits per heavy atom. The molecule has 0 aliphatic rings. The van der Waals surface area contributed by atoms with Gasteiger partial charge in [-0.25, -0.2) is 9.55 Å². The lowest BCUT2D eigenvalue weighted by Crippen LogP contribution is -2.07. The van der Waals surface area contributed by atoms with E-state index in [1.165, 1.54) is 10.8 Å². The summed E-state index contributed by atoms with van der Waals surface area (Å²) in [4.78, 5) is 13.6. The van der Waals surface area contributed by atoms with Crippen LogP contribution in [-0.4, -0.2) is 42.6 Å². The Kier molecular flexibility index (Phi) is 9.95. The van der Waals surface area contributed by atoms with Gasteiger partial charge >= 0.3 is 5.82 Å². The van der Waals surface area contributed by atoms with Crippen molar-refractivity contribution >= 4 is 5.82 Å². The fourth-order valence-corrected chi connectivity index (χ4v) is 0.978. The number of aryl methyl sites for hydroxylation is 1. The maximum atomic E-state index is 10.4. The third kappa shape index (κ3) is 3.99. The van der Waals surface area contributed by atoms with E-state index in [-0.39, 0.29) is 35.4 Å². The summed E-state index contributed by atoms with van der Waals surface area (Å²) in [7, 11) is 0. The molecule has 9 nitrogen and oxygen atoms in total. The van der Waals surface area contributed by atoms with Gasteiger partial charge in [0.1, 0.15) is 12.7 Å². The van der Waals surface area contributed by atoms with Gasteiger partial charge in [-0.3, -0.25) is 0 Å². The second-order valence-electron chi connectivity index (χ2n) is 2.30. The minimum absolute atomic E-state index is 0. The van der Waals surface area contributed by atoms with Crippen molar-refractivity contribution in [2.45, 2.75) is 13.5 Å². The van der Waals surface area contributed by atoms with Crippen LogP contribution in [0.15, 0.2) is 6.20 Å². The molecular weight excluding hydrogens is 210 g/mol. The lowest BCUT2D eigenvalue weighted by molar-refractivity contribution is -0.392. The zero-order valence-corrected chi connectivity index (χ0v) is 8.10. The molecule has 9 heteroatoms. The topological polar surface area (TPSA) is 176 Å². The Morgan fingerprint density at radius 1 is 1.53 bits per heavy atom. The molecule has 0 aliphatic heterocycles. The van der Waals surface area contributed by atoms with Crippen LogP contribution >= 0.6 is 0 Å². The first-order chi connectivity index (χ1) is 5.66. The summed E-state index contributed by atoms with van der Waals surface area (Å²) in [6, 6.07) is 0. The number of aromatic nitrogens is 2. The van der Waals surface area contributed by atoms with Crippen LogP contribution in [0.25, 0.3) is 0 Å². The molecule has 1 rings (SSSR count). The van der Waals surface area contributed by atoms with Gasteiger partial charge in [0.2, 0.25) is 0 Å². The second-order valence-corrected chi connectivity index (χ2v) is 2.30. The molecule has 0 saturated heterocycles. The van der Waals surface area contributed by atoms with Crippen molar-refractivity contribution in [2.24, 2.45) is 0 Å². The highest BCUT2D eigenvalue weighted by atomic mass is 16.6. The highest BCUT2D eigenvalue weighted by molar-refractivity contribution is 5.18. The number of imidazole rings is 1. The van der Waals surface area contributed by atoms with Gasteiger partial charge in [0, 0.05) is 6.92 Å². The second kappa shape index (κ2) is 7.82. The maximum Gasteiger partial charge on any atom is 0.342 e. The van der Waals surface area contributed by atoms with Crippen molar-refractivity contribution in [1.29, 1.82) is 0 Å². The Balaban J connectivity index is -0.000000480. The monoisotopic (exact) mass is 225 g/mol. The quantitative estimate of drug-likeness (QED) is 0.446. The van der Waals surface area contributed by atoms with Crippen molar-refractivity contribution in [3.8, 4) is 0 Å². The molecule has 1 aromatic rings. The van der Waals surface area contributed by atoms with E-state index in [9.17, 15) is 10.1 Å². The first-order valence-corrected chi connectivity index (χ1v) is 3.44. The minimum Gasteiger partial charge on any atom is -0.412 e. The zero-order chi connectivity index (χ0) is 9.14. The van der Waals surface area contributed by atoms with Crippen LogP contribution < -0.4 is 0 Å². The summed E-state index contributed by atoms with van der Waals surface area (Å²) in [5.74, 6) is 0.456. The number of hydrogen-bond acceptors (Lipinski definition) is 4.